The Morgan fingerprint density at radius 2 is 1.79 bits per heavy atom. The van der Waals surface area contributed by atoms with Crippen LogP contribution in [0.25, 0.3) is 0 Å². The molecule has 0 spiro atoms. The molecular formula is C27H37FN2O3S. The third kappa shape index (κ3) is 8.20. The minimum Gasteiger partial charge on any atom is -0.385 e. The van der Waals surface area contributed by atoms with Gasteiger partial charge in [0.25, 0.3) is 0 Å². The molecule has 3 rings (SSSR count). The number of rotatable bonds is 13. The van der Waals surface area contributed by atoms with Gasteiger partial charge in [0.2, 0.25) is 11.8 Å². The summed E-state index contributed by atoms with van der Waals surface area (Å²) in [7, 11) is 1.64. The van der Waals surface area contributed by atoms with Crippen molar-refractivity contribution in [1.82, 2.24) is 9.80 Å². The van der Waals surface area contributed by atoms with E-state index in [1.54, 1.807) is 40.4 Å². The Kier molecular flexibility index (Phi) is 10.5. The van der Waals surface area contributed by atoms with E-state index in [4.69, 9.17) is 4.74 Å². The molecule has 5 nitrogen and oxygen atoms in total. The first-order valence-corrected chi connectivity index (χ1v) is 13.2. The molecule has 0 saturated heterocycles. The molecule has 1 aromatic carbocycles. The van der Waals surface area contributed by atoms with Crippen molar-refractivity contribution < 1.29 is 18.7 Å². The van der Waals surface area contributed by atoms with Gasteiger partial charge >= 0.3 is 0 Å². The molecule has 186 valence electrons. The van der Waals surface area contributed by atoms with Crippen LogP contribution in [0.3, 0.4) is 0 Å². The van der Waals surface area contributed by atoms with Gasteiger partial charge in [0.15, 0.2) is 0 Å². The normalized spacial score (nSPS) is 13.9. The highest BCUT2D eigenvalue weighted by Gasteiger charge is 2.24. The Morgan fingerprint density at radius 1 is 1.06 bits per heavy atom. The summed E-state index contributed by atoms with van der Waals surface area (Å²) in [6.45, 7) is 4.00. The van der Waals surface area contributed by atoms with Crippen LogP contribution in [0, 0.1) is 18.7 Å². The molecule has 0 atom stereocenters. The van der Waals surface area contributed by atoms with E-state index >= 15 is 0 Å². The van der Waals surface area contributed by atoms with Gasteiger partial charge in [-0.15, -0.1) is 11.3 Å². The summed E-state index contributed by atoms with van der Waals surface area (Å²) in [6.07, 6.45) is 7.03. The van der Waals surface area contributed by atoms with Crippen LogP contribution in [0.5, 0.6) is 0 Å². The molecule has 1 saturated carbocycles. The van der Waals surface area contributed by atoms with Gasteiger partial charge in [0.1, 0.15) is 5.82 Å². The van der Waals surface area contributed by atoms with Crippen LogP contribution in [-0.2, 0) is 27.4 Å². The highest BCUT2D eigenvalue weighted by Crippen LogP contribution is 2.28. The Bertz CT molecular complexity index is 909. The molecule has 2 amide bonds. The zero-order valence-electron chi connectivity index (χ0n) is 20.4. The lowest BCUT2D eigenvalue weighted by Crippen LogP contribution is -2.43. The summed E-state index contributed by atoms with van der Waals surface area (Å²) in [5.74, 6) is 0.291. The Hall–Kier alpha value is -2.25. The minimum atomic E-state index is -0.298. The Labute approximate surface area is 206 Å². The number of benzene rings is 1. The van der Waals surface area contributed by atoms with Crippen molar-refractivity contribution >= 4 is 23.2 Å². The van der Waals surface area contributed by atoms with Crippen LogP contribution >= 0.6 is 11.3 Å². The van der Waals surface area contributed by atoms with E-state index in [0.717, 1.165) is 22.4 Å². The summed E-state index contributed by atoms with van der Waals surface area (Å²) in [5, 5.41) is 2.02. The van der Waals surface area contributed by atoms with E-state index < -0.39 is 0 Å². The number of carbonyl (C=O) groups excluding carboxylic acids is 2. The number of hydrogen-bond donors (Lipinski definition) is 0. The molecular weight excluding hydrogens is 451 g/mol. The van der Waals surface area contributed by atoms with Gasteiger partial charge in [-0.25, -0.2) is 4.39 Å². The van der Waals surface area contributed by atoms with Crippen LogP contribution in [0.4, 0.5) is 4.39 Å². The van der Waals surface area contributed by atoms with Gasteiger partial charge in [-0.2, -0.15) is 0 Å². The van der Waals surface area contributed by atoms with E-state index in [0.29, 0.717) is 45.0 Å². The highest BCUT2D eigenvalue weighted by atomic mass is 32.1. The van der Waals surface area contributed by atoms with Crippen molar-refractivity contribution in [2.45, 2.75) is 65.0 Å². The maximum absolute atomic E-state index is 13.5. The SMILES string of the molecule is COCCCN(CC(=O)N(Cc1ccc(F)cc1)Cc1sccc1C)C(=O)CCC1CCCC1. The molecule has 0 N–H and O–H groups in total. The second kappa shape index (κ2) is 13.6. The largest absolute Gasteiger partial charge is 0.385 e. The lowest BCUT2D eigenvalue weighted by Gasteiger charge is -2.28. The molecule has 34 heavy (non-hydrogen) atoms. The van der Waals surface area contributed by atoms with E-state index in [2.05, 4.69) is 0 Å². The number of halogens is 1. The number of hydrogen-bond acceptors (Lipinski definition) is 4. The molecule has 7 heteroatoms. The molecule has 0 radical (unpaired) electrons. The predicted molar refractivity (Wildman–Crippen MR) is 134 cm³/mol. The van der Waals surface area contributed by atoms with Gasteiger partial charge in [-0.3, -0.25) is 9.59 Å². The van der Waals surface area contributed by atoms with Gasteiger partial charge in [0, 0.05) is 38.1 Å². The fourth-order valence-electron chi connectivity index (χ4n) is 4.52. The van der Waals surface area contributed by atoms with Crippen molar-refractivity contribution in [3.63, 3.8) is 0 Å². The number of ether oxygens (including phenoxy) is 1. The second-order valence-electron chi connectivity index (χ2n) is 9.25. The quantitative estimate of drug-likeness (QED) is 0.347. The number of amides is 2. The third-order valence-electron chi connectivity index (χ3n) is 6.64. The Balaban J connectivity index is 1.69. The summed E-state index contributed by atoms with van der Waals surface area (Å²) in [4.78, 5) is 31.2. The third-order valence-corrected chi connectivity index (χ3v) is 7.65. The molecule has 0 unspecified atom stereocenters. The first-order valence-electron chi connectivity index (χ1n) is 12.3. The fraction of sp³-hybridized carbons (Fsp3) is 0.556. The molecule has 0 aliphatic heterocycles. The average Bonchev–Trinajstić information content (AvgIpc) is 3.49. The Morgan fingerprint density at radius 3 is 2.44 bits per heavy atom. The maximum atomic E-state index is 13.5. The number of methoxy groups -OCH3 is 1. The molecule has 1 fully saturated rings. The first kappa shape index (κ1) is 26.4. The van der Waals surface area contributed by atoms with Gasteiger partial charge in [-0.1, -0.05) is 37.8 Å². The first-order chi connectivity index (χ1) is 16.5. The summed E-state index contributed by atoms with van der Waals surface area (Å²) < 4.78 is 18.6. The highest BCUT2D eigenvalue weighted by molar-refractivity contribution is 7.10. The molecule has 1 aliphatic carbocycles. The van der Waals surface area contributed by atoms with Crippen molar-refractivity contribution in [3.8, 4) is 0 Å². The summed E-state index contributed by atoms with van der Waals surface area (Å²) >= 11 is 1.62. The second-order valence-corrected chi connectivity index (χ2v) is 10.3. The van der Waals surface area contributed by atoms with Gasteiger partial charge in [-0.05, 0) is 60.4 Å². The number of thiophene rings is 1. The van der Waals surface area contributed by atoms with Crippen molar-refractivity contribution in [2.24, 2.45) is 5.92 Å². The van der Waals surface area contributed by atoms with Gasteiger partial charge < -0.3 is 14.5 Å². The monoisotopic (exact) mass is 488 g/mol. The fourth-order valence-corrected chi connectivity index (χ4v) is 5.44. The smallest absolute Gasteiger partial charge is 0.242 e. The van der Waals surface area contributed by atoms with Gasteiger partial charge in [0.05, 0.1) is 13.1 Å². The minimum absolute atomic E-state index is 0.0467. The topological polar surface area (TPSA) is 49.9 Å². The molecule has 1 heterocycles. The zero-order chi connectivity index (χ0) is 24.3. The van der Waals surface area contributed by atoms with Crippen molar-refractivity contribution in [2.75, 3.05) is 26.8 Å². The van der Waals surface area contributed by atoms with Crippen LogP contribution < -0.4 is 0 Å². The summed E-state index contributed by atoms with van der Waals surface area (Å²) in [6, 6.07) is 8.29. The standard InChI is InChI=1S/C27H37FN2O3S/c1-21-14-17-34-25(21)19-30(18-23-8-11-24(28)12-9-23)27(32)20-29(15-5-16-33-2)26(31)13-10-22-6-3-4-7-22/h8-9,11-12,14,17,22H,3-7,10,13,15-16,18-20H2,1-2H3. The predicted octanol–water partition coefficient (Wildman–Crippen LogP) is 5.56. The van der Waals surface area contributed by atoms with Crippen LogP contribution in [0.2, 0.25) is 0 Å². The lowest BCUT2D eigenvalue weighted by molar-refractivity contribution is -0.141. The van der Waals surface area contributed by atoms with Crippen LogP contribution in [-0.4, -0.2) is 48.4 Å². The van der Waals surface area contributed by atoms with E-state index in [1.807, 2.05) is 18.4 Å². The lowest BCUT2D eigenvalue weighted by atomic mass is 10.0. The van der Waals surface area contributed by atoms with Crippen LogP contribution in [0.1, 0.15) is 60.9 Å². The number of aryl methyl sites for hydroxylation is 1. The summed E-state index contributed by atoms with van der Waals surface area (Å²) in [5.41, 5.74) is 2.01. The molecule has 1 aromatic heterocycles. The van der Waals surface area contributed by atoms with E-state index in [9.17, 15) is 14.0 Å². The number of nitrogens with zero attached hydrogens (tertiary/aromatic N) is 2. The number of carbonyl (C=O) groups is 2. The molecule has 2 aromatic rings. The average molecular weight is 489 g/mol. The zero-order valence-corrected chi connectivity index (χ0v) is 21.2. The molecule has 1 aliphatic rings. The van der Waals surface area contributed by atoms with E-state index in [1.165, 1.54) is 37.8 Å². The van der Waals surface area contributed by atoms with Crippen LogP contribution in [0.15, 0.2) is 35.7 Å². The molecule has 0 bridgehead atoms. The van der Waals surface area contributed by atoms with Crippen molar-refractivity contribution in [3.05, 3.63) is 57.5 Å². The van der Waals surface area contributed by atoms with E-state index in [-0.39, 0.29) is 24.2 Å². The van der Waals surface area contributed by atoms with Crippen molar-refractivity contribution in [1.29, 1.82) is 0 Å². The maximum Gasteiger partial charge on any atom is 0.242 e.